The Morgan fingerprint density at radius 1 is 1.09 bits per heavy atom. The Kier molecular flexibility index (Phi) is 2.25. The Labute approximate surface area is 131 Å². The van der Waals surface area contributed by atoms with Crippen molar-refractivity contribution < 1.29 is 18.1 Å². The summed E-state index contributed by atoms with van der Waals surface area (Å²) in [5.74, 6) is 0.451. The van der Waals surface area contributed by atoms with Gasteiger partial charge in [-0.15, -0.1) is 0 Å². The monoisotopic (exact) mass is 306 g/mol. The summed E-state index contributed by atoms with van der Waals surface area (Å²) in [7, 11) is 1.91. The van der Waals surface area contributed by atoms with E-state index in [4.69, 9.17) is 9.15 Å². The Hall–Kier alpha value is -2.88. The van der Waals surface area contributed by atoms with Crippen LogP contribution in [-0.2, 0) is 7.05 Å². The predicted octanol–water partition coefficient (Wildman–Crippen LogP) is 4.63. The van der Waals surface area contributed by atoms with E-state index in [0.717, 1.165) is 27.6 Å². The number of furan rings is 1. The summed E-state index contributed by atoms with van der Waals surface area (Å²) >= 11 is 0. The van der Waals surface area contributed by atoms with Crippen molar-refractivity contribution in [2.75, 3.05) is 0 Å². The molecule has 3 heterocycles. The number of benzene rings is 2. The Balaban J connectivity index is 2.07. The molecule has 0 saturated heterocycles. The Morgan fingerprint density at radius 3 is 2.83 bits per heavy atom. The van der Waals surface area contributed by atoms with Crippen LogP contribution in [0.3, 0.4) is 0 Å². The zero-order valence-electron chi connectivity index (χ0n) is 12.7. The fourth-order valence-corrected chi connectivity index (χ4v) is 3.54. The zero-order chi connectivity index (χ0) is 15.7. The van der Waals surface area contributed by atoms with E-state index in [9.17, 15) is 4.39 Å². The SMILES string of the molecule is Cc1ccc2cccc3c2c1-c1c(c(F)c2occc2[n+]1C)O3. The summed E-state index contributed by atoms with van der Waals surface area (Å²) in [5.41, 5.74) is 3.78. The molecule has 3 nitrogen and oxygen atoms in total. The summed E-state index contributed by atoms with van der Waals surface area (Å²) in [6.45, 7) is 2.04. The highest BCUT2D eigenvalue weighted by Gasteiger charge is 2.35. The van der Waals surface area contributed by atoms with Crippen molar-refractivity contribution in [1.29, 1.82) is 0 Å². The van der Waals surface area contributed by atoms with E-state index >= 15 is 0 Å². The third kappa shape index (κ3) is 1.45. The molecular weight excluding hydrogens is 293 g/mol. The molecule has 0 atom stereocenters. The lowest BCUT2D eigenvalue weighted by Crippen LogP contribution is -2.33. The molecule has 1 aliphatic heterocycles. The van der Waals surface area contributed by atoms with Crippen molar-refractivity contribution in [1.82, 2.24) is 0 Å². The molecule has 23 heavy (non-hydrogen) atoms. The summed E-state index contributed by atoms with van der Waals surface area (Å²) in [6, 6.07) is 11.7. The fourth-order valence-electron chi connectivity index (χ4n) is 3.54. The van der Waals surface area contributed by atoms with Crippen LogP contribution >= 0.6 is 0 Å². The van der Waals surface area contributed by atoms with Gasteiger partial charge in [0, 0.05) is 11.5 Å². The maximum Gasteiger partial charge on any atom is 0.260 e. The summed E-state index contributed by atoms with van der Waals surface area (Å²) in [4.78, 5) is 0. The number of fused-ring (bicyclic) bond motifs is 3. The van der Waals surface area contributed by atoms with Gasteiger partial charge in [-0.25, -0.2) is 0 Å². The van der Waals surface area contributed by atoms with Gasteiger partial charge in [0.2, 0.25) is 17.1 Å². The van der Waals surface area contributed by atoms with Crippen LogP contribution in [0.25, 0.3) is 33.1 Å². The molecule has 0 aliphatic carbocycles. The smallest absolute Gasteiger partial charge is 0.260 e. The van der Waals surface area contributed by atoms with Gasteiger partial charge in [-0.2, -0.15) is 8.96 Å². The van der Waals surface area contributed by atoms with Crippen molar-refractivity contribution in [2.45, 2.75) is 6.92 Å². The van der Waals surface area contributed by atoms with E-state index in [1.807, 2.05) is 36.7 Å². The molecule has 1 aliphatic rings. The predicted molar refractivity (Wildman–Crippen MR) is 85.1 cm³/mol. The zero-order valence-corrected chi connectivity index (χ0v) is 12.7. The second-order valence-electron chi connectivity index (χ2n) is 5.90. The van der Waals surface area contributed by atoms with Gasteiger partial charge in [0.1, 0.15) is 12.8 Å². The third-order valence-electron chi connectivity index (χ3n) is 4.62. The molecule has 0 radical (unpaired) electrons. The first-order valence-electron chi connectivity index (χ1n) is 7.46. The summed E-state index contributed by atoms with van der Waals surface area (Å²) in [5, 5.41) is 2.11. The van der Waals surface area contributed by atoms with Crippen molar-refractivity contribution in [3.8, 4) is 22.8 Å². The van der Waals surface area contributed by atoms with Crippen LogP contribution < -0.4 is 9.30 Å². The number of halogens is 1. The number of aromatic nitrogens is 1. The van der Waals surface area contributed by atoms with Gasteiger partial charge in [-0.05, 0) is 23.9 Å². The van der Waals surface area contributed by atoms with Crippen LogP contribution in [0.2, 0.25) is 0 Å². The molecular formula is C19H13FNO2+. The normalized spacial score (nSPS) is 12.5. The highest BCUT2D eigenvalue weighted by atomic mass is 19.1. The van der Waals surface area contributed by atoms with Gasteiger partial charge in [0.05, 0.1) is 11.8 Å². The average Bonchev–Trinajstić information content (AvgIpc) is 3.05. The van der Waals surface area contributed by atoms with Crippen LogP contribution in [0.15, 0.2) is 47.1 Å². The van der Waals surface area contributed by atoms with Gasteiger partial charge in [0.25, 0.3) is 11.2 Å². The summed E-state index contributed by atoms with van der Waals surface area (Å²) < 4.78 is 28.1. The molecule has 5 rings (SSSR count). The molecule has 0 bridgehead atoms. The number of ether oxygens (including phenoxy) is 1. The first-order chi connectivity index (χ1) is 11.2. The number of hydrogen-bond acceptors (Lipinski definition) is 2. The lowest BCUT2D eigenvalue weighted by atomic mass is 9.93. The number of hydrogen-bond donors (Lipinski definition) is 0. The minimum Gasteiger partial charge on any atom is -0.455 e. The van der Waals surface area contributed by atoms with Gasteiger partial charge >= 0.3 is 0 Å². The standard InChI is InChI=1S/C19H13FNO2/c1-10-6-7-11-4-3-5-13-15(11)14(10)17-19(23-13)16(20)18-12(21(17)2)8-9-22-18/h3-9H,1-2H3/q+1. The minimum absolute atomic E-state index is 0.218. The van der Waals surface area contributed by atoms with Crippen molar-refractivity contribution in [3.63, 3.8) is 0 Å². The van der Waals surface area contributed by atoms with Gasteiger partial charge in [-0.3, -0.25) is 0 Å². The molecule has 0 spiro atoms. The topological polar surface area (TPSA) is 26.2 Å². The lowest BCUT2D eigenvalue weighted by Gasteiger charge is -2.20. The van der Waals surface area contributed by atoms with Crippen LogP contribution in [0.1, 0.15) is 5.56 Å². The molecule has 0 N–H and O–H groups in total. The first kappa shape index (κ1) is 12.6. The second kappa shape index (κ2) is 4.10. The largest absolute Gasteiger partial charge is 0.455 e. The van der Waals surface area contributed by atoms with Crippen LogP contribution in [0.4, 0.5) is 4.39 Å². The van der Waals surface area contributed by atoms with E-state index in [1.165, 1.54) is 6.26 Å². The average molecular weight is 306 g/mol. The Morgan fingerprint density at radius 2 is 1.96 bits per heavy atom. The maximum absolute atomic E-state index is 14.9. The van der Waals surface area contributed by atoms with Gasteiger partial charge in [-0.1, -0.05) is 24.3 Å². The Bertz CT molecular complexity index is 1130. The molecule has 4 heteroatoms. The van der Waals surface area contributed by atoms with Gasteiger partial charge < -0.3 is 9.15 Å². The van der Waals surface area contributed by atoms with Crippen LogP contribution in [0, 0.1) is 12.7 Å². The van der Waals surface area contributed by atoms with E-state index in [0.29, 0.717) is 11.3 Å². The fraction of sp³-hybridized carbons (Fsp3) is 0.105. The molecule has 0 unspecified atom stereocenters. The molecule has 0 fully saturated rings. The molecule has 2 aromatic carbocycles. The summed E-state index contributed by atoms with van der Waals surface area (Å²) in [6.07, 6.45) is 1.50. The number of nitrogens with zero attached hydrogens (tertiary/aromatic N) is 1. The molecule has 112 valence electrons. The number of rotatable bonds is 0. The van der Waals surface area contributed by atoms with Crippen molar-refractivity contribution in [3.05, 3.63) is 54.0 Å². The van der Waals surface area contributed by atoms with E-state index in [2.05, 4.69) is 12.1 Å². The molecule has 0 saturated carbocycles. The number of aryl methyl sites for hydroxylation is 2. The van der Waals surface area contributed by atoms with E-state index in [1.54, 1.807) is 6.07 Å². The van der Waals surface area contributed by atoms with Crippen LogP contribution in [0.5, 0.6) is 11.5 Å². The number of pyridine rings is 1. The molecule has 4 aromatic rings. The van der Waals surface area contributed by atoms with Gasteiger partial charge in [0.15, 0.2) is 0 Å². The molecule has 0 amide bonds. The first-order valence-corrected chi connectivity index (χ1v) is 7.46. The minimum atomic E-state index is -0.455. The van der Waals surface area contributed by atoms with Crippen LogP contribution in [-0.4, -0.2) is 0 Å². The maximum atomic E-state index is 14.9. The quantitative estimate of drug-likeness (QED) is 0.390. The van der Waals surface area contributed by atoms with E-state index < -0.39 is 5.82 Å². The van der Waals surface area contributed by atoms with Crippen molar-refractivity contribution in [2.24, 2.45) is 7.05 Å². The third-order valence-corrected chi connectivity index (χ3v) is 4.62. The highest BCUT2D eigenvalue weighted by molar-refractivity contribution is 6.04. The van der Waals surface area contributed by atoms with E-state index in [-0.39, 0.29) is 11.3 Å². The second-order valence-corrected chi connectivity index (χ2v) is 5.90. The van der Waals surface area contributed by atoms with Crippen molar-refractivity contribution >= 4 is 21.9 Å². The highest BCUT2D eigenvalue weighted by Crippen LogP contribution is 2.48. The lowest BCUT2D eigenvalue weighted by molar-refractivity contribution is -0.634. The molecule has 2 aromatic heterocycles.